The molecule has 33 heavy (non-hydrogen) atoms. The second-order valence-electron chi connectivity index (χ2n) is 6.81. The van der Waals surface area contributed by atoms with Crippen molar-refractivity contribution in [1.29, 1.82) is 0 Å². The molecule has 168 valence electrons. The van der Waals surface area contributed by atoms with Gasteiger partial charge in [-0.25, -0.2) is 22.8 Å². The molecule has 0 unspecified atom stereocenters. The Morgan fingerprint density at radius 2 is 1.85 bits per heavy atom. The topological polar surface area (TPSA) is 59.1 Å². The van der Waals surface area contributed by atoms with Gasteiger partial charge in [0.1, 0.15) is 17.3 Å². The minimum atomic E-state index is -0.828. The van der Waals surface area contributed by atoms with Crippen LogP contribution in [0, 0.1) is 17.5 Å². The maximum absolute atomic E-state index is 14.5. The van der Waals surface area contributed by atoms with E-state index in [-0.39, 0.29) is 21.8 Å². The van der Waals surface area contributed by atoms with Crippen LogP contribution in [0.5, 0.6) is 11.5 Å². The molecule has 0 aliphatic heterocycles. The first kappa shape index (κ1) is 22.3. The van der Waals surface area contributed by atoms with E-state index in [1.807, 2.05) is 0 Å². The first-order chi connectivity index (χ1) is 16.0. The largest absolute Gasteiger partial charge is 0.504 e. The number of hydrogen-bond acceptors (Lipinski definition) is 5. The average molecular weight is 469 g/mol. The number of hydrogen-bond donors (Lipinski definition) is 1. The van der Waals surface area contributed by atoms with Crippen LogP contribution in [0.25, 0.3) is 11.3 Å². The van der Waals surface area contributed by atoms with Crippen molar-refractivity contribution in [2.75, 3.05) is 6.61 Å². The molecule has 0 amide bonds. The van der Waals surface area contributed by atoms with E-state index in [9.17, 15) is 18.3 Å². The molecule has 0 aliphatic carbocycles. The van der Waals surface area contributed by atoms with Crippen LogP contribution in [0.4, 0.5) is 18.9 Å². The molecule has 0 atom stereocenters. The molecular weight excluding hydrogens is 451 g/mol. The van der Waals surface area contributed by atoms with Crippen molar-refractivity contribution in [3.63, 3.8) is 0 Å². The van der Waals surface area contributed by atoms with E-state index in [1.165, 1.54) is 29.1 Å². The van der Waals surface area contributed by atoms with Gasteiger partial charge in [-0.1, -0.05) is 12.1 Å². The van der Waals surface area contributed by atoms with Crippen molar-refractivity contribution in [3.05, 3.63) is 93.9 Å². The SMILES string of the molecule is CCOc1cc(C=Nn2c(-c3ccccc3F)csc2=Nc2ccc(F)cc2F)ccc1O. The average Bonchev–Trinajstić information content (AvgIpc) is 3.19. The molecule has 0 aliphatic rings. The van der Waals surface area contributed by atoms with E-state index in [2.05, 4.69) is 10.1 Å². The van der Waals surface area contributed by atoms with Gasteiger partial charge in [-0.3, -0.25) is 0 Å². The van der Waals surface area contributed by atoms with Crippen molar-refractivity contribution in [1.82, 2.24) is 4.68 Å². The lowest BCUT2D eigenvalue weighted by atomic mass is 10.1. The van der Waals surface area contributed by atoms with E-state index in [0.29, 0.717) is 23.6 Å². The van der Waals surface area contributed by atoms with Gasteiger partial charge in [0.25, 0.3) is 0 Å². The summed E-state index contributed by atoms with van der Waals surface area (Å²) in [5.74, 6) is -1.71. The minimum Gasteiger partial charge on any atom is -0.504 e. The molecule has 0 fully saturated rings. The van der Waals surface area contributed by atoms with Gasteiger partial charge in [0, 0.05) is 17.0 Å². The van der Waals surface area contributed by atoms with Crippen LogP contribution in [-0.4, -0.2) is 22.6 Å². The Morgan fingerprint density at radius 3 is 2.61 bits per heavy atom. The third kappa shape index (κ3) is 4.98. The molecule has 4 rings (SSSR count). The first-order valence-electron chi connectivity index (χ1n) is 9.91. The summed E-state index contributed by atoms with van der Waals surface area (Å²) in [5, 5.41) is 16.0. The molecular formula is C24H18F3N3O2S. The number of aromatic nitrogens is 1. The standard InChI is InChI=1S/C24H18F3N3O2S/c1-2-32-23-11-15(7-10-22(23)31)13-28-30-21(17-5-3-4-6-18(17)26)14-33-24(30)29-20-9-8-16(25)12-19(20)27/h3-14,31H,2H2,1H3. The summed E-state index contributed by atoms with van der Waals surface area (Å²) in [6.45, 7) is 2.17. The Bertz CT molecular complexity index is 1400. The molecule has 0 saturated heterocycles. The Hall–Kier alpha value is -3.85. The van der Waals surface area contributed by atoms with Crippen LogP contribution in [0.1, 0.15) is 12.5 Å². The molecule has 1 aromatic heterocycles. The second kappa shape index (κ2) is 9.74. The molecule has 5 nitrogen and oxygen atoms in total. The van der Waals surface area contributed by atoms with Crippen LogP contribution in [-0.2, 0) is 0 Å². The Kier molecular flexibility index (Phi) is 6.60. The number of aromatic hydroxyl groups is 1. The second-order valence-corrected chi connectivity index (χ2v) is 7.64. The number of rotatable bonds is 6. The predicted molar refractivity (Wildman–Crippen MR) is 122 cm³/mol. The summed E-state index contributed by atoms with van der Waals surface area (Å²) in [6, 6.07) is 14.0. The predicted octanol–water partition coefficient (Wildman–Crippen LogP) is 5.85. The van der Waals surface area contributed by atoms with Gasteiger partial charge in [0.2, 0.25) is 4.80 Å². The fourth-order valence-electron chi connectivity index (χ4n) is 3.02. The number of phenols is 1. The van der Waals surface area contributed by atoms with Crippen molar-refractivity contribution < 1.29 is 23.0 Å². The van der Waals surface area contributed by atoms with Crippen LogP contribution in [0.15, 0.2) is 76.1 Å². The van der Waals surface area contributed by atoms with Crippen molar-refractivity contribution in [2.24, 2.45) is 10.1 Å². The van der Waals surface area contributed by atoms with Gasteiger partial charge in [0.05, 0.1) is 18.5 Å². The summed E-state index contributed by atoms with van der Waals surface area (Å²) in [4.78, 5) is 4.52. The van der Waals surface area contributed by atoms with Crippen LogP contribution >= 0.6 is 11.3 Å². The van der Waals surface area contributed by atoms with E-state index >= 15 is 0 Å². The number of thiazole rings is 1. The summed E-state index contributed by atoms with van der Waals surface area (Å²) in [6.07, 6.45) is 1.49. The third-order valence-electron chi connectivity index (χ3n) is 4.57. The Labute approximate surface area is 191 Å². The van der Waals surface area contributed by atoms with Crippen LogP contribution in [0.2, 0.25) is 0 Å². The fraction of sp³-hybridized carbons (Fsp3) is 0.0833. The molecule has 0 spiro atoms. The van der Waals surface area contributed by atoms with Crippen LogP contribution in [0.3, 0.4) is 0 Å². The lowest BCUT2D eigenvalue weighted by molar-refractivity contribution is 0.318. The van der Waals surface area contributed by atoms with E-state index in [0.717, 1.165) is 23.5 Å². The quantitative estimate of drug-likeness (QED) is 0.360. The molecule has 9 heteroatoms. The van der Waals surface area contributed by atoms with Gasteiger partial charge in [0.15, 0.2) is 17.3 Å². The Balaban J connectivity index is 1.85. The summed E-state index contributed by atoms with van der Waals surface area (Å²) >= 11 is 1.13. The lowest BCUT2D eigenvalue weighted by Gasteiger charge is -2.07. The minimum absolute atomic E-state index is 0.00768. The van der Waals surface area contributed by atoms with Gasteiger partial charge in [-0.15, -0.1) is 11.3 Å². The maximum atomic E-state index is 14.5. The normalized spacial score (nSPS) is 11.9. The van der Waals surface area contributed by atoms with Crippen molar-refractivity contribution >= 4 is 23.2 Å². The molecule has 0 bridgehead atoms. The lowest BCUT2D eigenvalue weighted by Crippen LogP contribution is -2.12. The molecule has 3 aromatic carbocycles. The van der Waals surface area contributed by atoms with E-state index in [1.54, 1.807) is 42.6 Å². The molecule has 4 aromatic rings. The van der Waals surface area contributed by atoms with Crippen molar-refractivity contribution in [3.8, 4) is 22.8 Å². The van der Waals surface area contributed by atoms with Gasteiger partial charge in [-0.2, -0.15) is 5.10 Å². The molecule has 0 radical (unpaired) electrons. The molecule has 1 N–H and O–H groups in total. The third-order valence-corrected chi connectivity index (χ3v) is 5.38. The smallest absolute Gasteiger partial charge is 0.211 e. The first-order valence-corrected chi connectivity index (χ1v) is 10.8. The maximum Gasteiger partial charge on any atom is 0.211 e. The highest BCUT2D eigenvalue weighted by atomic mass is 32.1. The van der Waals surface area contributed by atoms with Gasteiger partial charge >= 0.3 is 0 Å². The zero-order chi connectivity index (χ0) is 23.4. The number of benzene rings is 3. The summed E-state index contributed by atoms with van der Waals surface area (Å²) in [7, 11) is 0. The highest BCUT2D eigenvalue weighted by Gasteiger charge is 2.13. The van der Waals surface area contributed by atoms with E-state index < -0.39 is 17.5 Å². The molecule has 1 heterocycles. The monoisotopic (exact) mass is 469 g/mol. The number of nitrogens with zero attached hydrogens (tertiary/aromatic N) is 3. The zero-order valence-electron chi connectivity index (χ0n) is 17.4. The van der Waals surface area contributed by atoms with Crippen molar-refractivity contribution in [2.45, 2.75) is 6.92 Å². The summed E-state index contributed by atoms with van der Waals surface area (Å²) < 4.78 is 48.7. The Morgan fingerprint density at radius 1 is 1.03 bits per heavy atom. The zero-order valence-corrected chi connectivity index (χ0v) is 18.2. The fourth-order valence-corrected chi connectivity index (χ4v) is 3.86. The molecule has 0 saturated carbocycles. The van der Waals surface area contributed by atoms with E-state index in [4.69, 9.17) is 4.74 Å². The highest BCUT2D eigenvalue weighted by Crippen LogP contribution is 2.27. The number of halogens is 3. The van der Waals surface area contributed by atoms with Gasteiger partial charge < -0.3 is 9.84 Å². The number of ether oxygens (including phenoxy) is 1. The van der Waals surface area contributed by atoms with Crippen LogP contribution < -0.4 is 9.54 Å². The summed E-state index contributed by atoms with van der Waals surface area (Å²) in [5.41, 5.74) is 1.21. The van der Waals surface area contributed by atoms with Gasteiger partial charge in [-0.05, 0) is 55.0 Å². The number of phenolic OH excluding ortho intramolecular Hbond substituents is 1. The highest BCUT2D eigenvalue weighted by molar-refractivity contribution is 7.07.